The third-order valence-corrected chi connectivity index (χ3v) is 3.91. The predicted octanol–water partition coefficient (Wildman–Crippen LogP) is 0.835. The fraction of sp³-hybridized carbons (Fsp3) is 0.571. The van der Waals surface area contributed by atoms with Gasteiger partial charge in [-0.2, -0.15) is 0 Å². The van der Waals surface area contributed by atoms with Crippen LogP contribution in [-0.4, -0.2) is 40.1 Å². The predicted molar refractivity (Wildman–Crippen MR) is 72.2 cm³/mol. The third-order valence-electron chi connectivity index (χ3n) is 3.91. The van der Waals surface area contributed by atoms with Crippen molar-refractivity contribution in [3.8, 4) is 0 Å². The van der Waals surface area contributed by atoms with Crippen LogP contribution >= 0.6 is 0 Å². The molecule has 5 heteroatoms. The Morgan fingerprint density at radius 3 is 2.79 bits per heavy atom. The molecular weight excluding hydrogens is 244 g/mol. The van der Waals surface area contributed by atoms with E-state index in [0.717, 1.165) is 12.1 Å². The smallest absolute Gasteiger partial charge is 0.261 e. The second kappa shape index (κ2) is 5.17. The quantitative estimate of drug-likeness (QED) is 0.831. The fourth-order valence-corrected chi connectivity index (χ4v) is 2.80. The molecule has 2 rings (SSSR count). The number of aryl methyl sites for hydroxylation is 2. The van der Waals surface area contributed by atoms with Crippen molar-refractivity contribution in [2.75, 3.05) is 13.2 Å². The van der Waals surface area contributed by atoms with E-state index >= 15 is 0 Å². The molecule has 2 atom stereocenters. The normalized spacial score (nSPS) is 22.8. The molecule has 19 heavy (non-hydrogen) atoms. The lowest BCUT2D eigenvalue weighted by Gasteiger charge is -2.25. The number of hydrogen-bond donors (Lipinski definition) is 2. The first-order chi connectivity index (χ1) is 8.95. The van der Waals surface area contributed by atoms with Crippen LogP contribution in [-0.2, 0) is 0 Å². The maximum Gasteiger partial charge on any atom is 0.261 e. The molecule has 2 N–H and O–H groups in total. The summed E-state index contributed by atoms with van der Waals surface area (Å²) in [5.41, 5.74) is 1.27. The molecule has 104 valence electrons. The van der Waals surface area contributed by atoms with Crippen LogP contribution in [0.5, 0.6) is 0 Å². The van der Waals surface area contributed by atoms with Gasteiger partial charge in [-0.3, -0.25) is 9.59 Å². The van der Waals surface area contributed by atoms with Crippen molar-refractivity contribution in [3.05, 3.63) is 33.2 Å². The first-order valence-corrected chi connectivity index (χ1v) is 6.58. The number of aliphatic hydroxyl groups excluding tert-OH is 1. The Morgan fingerprint density at radius 1 is 1.53 bits per heavy atom. The first-order valence-electron chi connectivity index (χ1n) is 6.58. The number of aromatic nitrogens is 1. The molecule has 0 saturated carbocycles. The van der Waals surface area contributed by atoms with Gasteiger partial charge in [0.1, 0.15) is 5.56 Å². The number of aliphatic hydroxyl groups is 1. The van der Waals surface area contributed by atoms with Crippen molar-refractivity contribution < 1.29 is 9.90 Å². The number of pyridine rings is 1. The van der Waals surface area contributed by atoms with E-state index in [1.807, 2.05) is 6.92 Å². The Bertz CT molecular complexity index is 550. The highest BCUT2D eigenvalue weighted by Crippen LogP contribution is 2.25. The Hall–Kier alpha value is -1.62. The maximum absolute atomic E-state index is 12.5. The van der Waals surface area contributed by atoms with E-state index in [1.54, 1.807) is 24.8 Å². The Balaban J connectivity index is 2.38. The highest BCUT2D eigenvalue weighted by Gasteiger charge is 2.35. The van der Waals surface area contributed by atoms with Crippen LogP contribution in [0.1, 0.15) is 35.0 Å². The van der Waals surface area contributed by atoms with E-state index in [9.17, 15) is 14.7 Å². The number of likely N-dealkylation sites (tertiary alicyclic amines) is 1. The lowest BCUT2D eigenvalue weighted by molar-refractivity contribution is 0.0645. The van der Waals surface area contributed by atoms with Gasteiger partial charge in [0.2, 0.25) is 0 Å². The first kappa shape index (κ1) is 13.8. The van der Waals surface area contributed by atoms with Crippen LogP contribution in [0.4, 0.5) is 0 Å². The number of amides is 1. The summed E-state index contributed by atoms with van der Waals surface area (Å²) in [6.07, 6.45) is 0.861. The molecule has 1 fully saturated rings. The minimum atomic E-state index is -0.348. The summed E-state index contributed by atoms with van der Waals surface area (Å²) in [6.45, 7) is 6.11. The van der Waals surface area contributed by atoms with Gasteiger partial charge >= 0.3 is 0 Å². The van der Waals surface area contributed by atoms with Crippen LogP contribution in [0, 0.1) is 19.8 Å². The second-order valence-corrected chi connectivity index (χ2v) is 5.35. The van der Waals surface area contributed by atoms with Gasteiger partial charge in [-0.15, -0.1) is 0 Å². The molecule has 5 nitrogen and oxygen atoms in total. The number of hydrogen-bond acceptors (Lipinski definition) is 3. The van der Waals surface area contributed by atoms with Gasteiger partial charge in [0.25, 0.3) is 11.5 Å². The summed E-state index contributed by atoms with van der Waals surface area (Å²) in [6, 6.07) is 1.61. The van der Waals surface area contributed by atoms with Crippen LogP contribution < -0.4 is 5.56 Å². The maximum atomic E-state index is 12.5. The lowest BCUT2D eigenvalue weighted by atomic mass is 10.0. The number of nitrogens with zero attached hydrogens (tertiary/aromatic N) is 1. The van der Waals surface area contributed by atoms with Crippen LogP contribution in [0.25, 0.3) is 0 Å². The van der Waals surface area contributed by atoms with E-state index < -0.39 is 0 Å². The lowest BCUT2D eigenvalue weighted by Crippen LogP contribution is -2.42. The minimum absolute atomic E-state index is 0.0598. The number of nitrogens with one attached hydrogen (secondary N) is 1. The second-order valence-electron chi connectivity index (χ2n) is 5.35. The van der Waals surface area contributed by atoms with Crippen molar-refractivity contribution in [2.45, 2.75) is 33.2 Å². The molecule has 1 aromatic rings. The molecule has 1 aromatic heterocycles. The molecule has 0 aromatic carbocycles. The van der Waals surface area contributed by atoms with Crippen molar-refractivity contribution >= 4 is 5.91 Å². The highest BCUT2D eigenvalue weighted by atomic mass is 16.3. The number of carbonyl (C=O) groups excluding carboxylic acids is 1. The van der Waals surface area contributed by atoms with Gasteiger partial charge in [0, 0.05) is 12.2 Å². The molecule has 1 saturated heterocycles. The van der Waals surface area contributed by atoms with E-state index in [-0.39, 0.29) is 35.6 Å². The zero-order valence-corrected chi connectivity index (χ0v) is 11.6. The fourth-order valence-electron chi connectivity index (χ4n) is 2.80. The monoisotopic (exact) mass is 264 g/mol. The molecular formula is C14H20N2O3. The van der Waals surface area contributed by atoms with Crippen LogP contribution in [0.2, 0.25) is 0 Å². The van der Waals surface area contributed by atoms with Gasteiger partial charge in [-0.1, -0.05) is 6.92 Å². The molecule has 1 aliphatic heterocycles. The average Bonchev–Trinajstić information content (AvgIpc) is 2.68. The van der Waals surface area contributed by atoms with Gasteiger partial charge in [0.15, 0.2) is 0 Å². The third kappa shape index (κ3) is 2.42. The molecule has 0 spiro atoms. The summed E-state index contributed by atoms with van der Waals surface area (Å²) in [5, 5.41) is 9.41. The minimum Gasteiger partial charge on any atom is -0.394 e. The number of aromatic amines is 1. The SMILES string of the molecule is Cc1cc(C)c(C(=O)N2CCC(C)C2CO)c(=O)[nH]1. The molecule has 0 radical (unpaired) electrons. The van der Waals surface area contributed by atoms with Gasteiger partial charge in [0.05, 0.1) is 12.6 Å². The van der Waals surface area contributed by atoms with Crippen LogP contribution in [0.15, 0.2) is 10.9 Å². The summed E-state index contributed by atoms with van der Waals surface area (Å²) in [7, 11) is 0. The summed E-state index contributed by atoms with van der Waals surface area (Å²) >= 11 is 0. The van der Waals surface area contributed by atoms with Gasteiger partial charge in [-0.05, 0) is 37.8 Å². The Labute approximate surface area is 112 Å². The average molecular weight is 264 g/mol. The molecule has 0 aliphatic carbocycles. The van der Waals surface area contributed by atoms with Crippen molar-refractivity contribution in [3.63, 3.8) is 0 Å². The standard InChI is InChI=1S/C14H20N2O3/c1-8-4-5-16(11(8)7-17)14(19)12-9(2)6-10(3)15-13(12)18/h6,8,11,17H,4-5,7H2,1-3H3,(H,15,18). The molecule has 0 bridgehead atoms. The van der Waals surface area contributed by atoms with Crippen LogP contribution in [0.3, 0.4) is 0 Å². The molecule has 2 heterocycles. The highest BCUT2D eigenvalue weighted by molar-refractivity contribution is 5.95. The zero-order chi connectivity index (χ0) is 14.2. The summed E-state index contributed by atoms with van der Waals surface area (Å²) in [4.78, 5) is 28.8. The number of carbonyl (C=O) groups is 1. The van der Waals surface area contributed by atoms with Gasteiger partial charge < -0.3 is 15.0 Å². The molecule has 1 amide bonds. The van der Waals surface area contributed by atoms with Crippen molar-refractivity contribution in [2.24, 2.45) is 5.92 Å². The molecule has 2 unspecified atom stereocenters. The topological polar surface area (TPSA) is 73.4 Å². The van der Waals surface area contributed by atoms with E-state index in [4.69, 9.17) is 0 Å². The molecule has 1 aliphatic rings. The van der Waals surface area contributed by atoms with E-state index in [2.05, 4.69) is 4.98 Å². The number of H-pyrrole nitrogens is 1. The Kier molecular flexibility index (Phi) is 3.75. The van der Waals surface area contributed by atoms with E-state index in [1.165, 1.54) is 0 Å². The number of rotatable bonds is 2. The largest absolute Gasteiger partial charge is 0.394 e. The van der Waals surface area contributed by atoms with Gasteiger partial charge in [-0.25, -0.2) is 0 Å². The zero-order valence-electron chi connectivity index (χ0n) is 11.6. The summed E-state index contributed by atoms with van der Waals surface area (Å²) in [5.74, 6) is -0.0130. The van der Waals surface area contributed by atoms with Crippen molar-refractivity contribution in [1.82, 2.24) is 9.88 Å². The van der Waals surface area contributed by atoms with Crippen molar-refractivity contribution in [1.29, 1.82) is 0 Å². The Morgan fingerprint density at radius 2 is 2.21 bits per heavy atom. The summed E-state index contributed by atoms with van der Waals surface area (Å²) < 4.78 is 0. The van der Waals surface area contributed by atoms with E-state index in [0.29, 0.717) is 12.1 Å².